The van der Waals surface area contributed by atoms with Crippen molar-refractivity contribution in [2.24, 2.45) is 0 Å². The number of pyridine rings is 1. The number of carbonyl (C=O) groups excluding carboxylic acids is 1. The molecule has 0 unspecified atom stereocenters. The van der Waals surface area contributed by atoms with E-state index in [0.717, 1.165) is 17.5 Å². The van der Waals surface area contributed by atoms with E-state index in [-0.39, 0.29) is 5.91 Å². The molecule has 0 saturated heterocycles. The molecule has 0 aliphatic rings. The highest BCUT2D eigenvalue weighted by Gasteiger charge is 2.06. The number of amides is 1. The van der Waals surface area contributed by atoms with Crippen LogP contribution in [0.5, 0.6) is 11.5 Å². The Bertz CT molecular complexity index is 984. The maximum atomic E-state index is 12.2. The third-order valence-electron chi connectivity index (χ3n) is 4.17. The summed E-state index contributed by atoms with van der Waals surface area (Å²) in [5.41, 5.74) is 1.80. The van der Waals surface area contributed by atoms with E-state index in [1.807, 2.05) is 49.5 Å². The summed E-state index contributed by atoms with van der Waals surface area (Å²) >= 11 is 0. The molecule has 2 heterocycles. The molecule has 0 atom stereocenters. The first kappa shape index (κ1) is 21.1. The van der Waals surface area contributed by atoms with Gasteiger partial charge in [-0.05, 0) is 60.9 Å². The Balaban J connectivity index is 1.59. The van der Waals surface area contributed by atoms with Gasteiger partial charge >= 0.3 is 0 Å². The van der Waals surface area contributed by atoms with Crippen LogP contribution >= 0.6 is 0 Å². The summed E-state index contributed by atoms with van der Waals surface area (Å²) < 4.78 is 13.0. The molecule has 0 aliphatic carbocycles. The van der Waals surface area contributed by atoms with Crippen molar-refractivity contribution in [3.8, 4) is 17.3 Å². The predicted octanol–water partition coefficient (Wildman–Crippen LogP) is 3.78. The first-order valence-electron chi connectivity index (χ1n) is 10.00. The molecule has 7 nitrogen and oxygen atoms in total. The molecule has 0 fully saturated rings. The second-order valence-corrected chi connectivity index (χ2v) is 6.51. The number of hydrogen-bond donors (Lipinski definition) is 1. The van der Waals surface area contributed by atoms with Gasteiger partial charge in [-0.1, -0.05) is 13.0 Å². The van der Waals surface area contributed by atoms with Crippen LogP contribution in [-0.2, 0) is 11.3 Å². The highest BCUT2D eigenvalue weighted by molar-refractivity contribution is 5.91. The van der Waals surface area contributed by atoms with Crippen molar-refractivity contribution in [1.82, 2.24) is 20.1 Å². The van der Waals surface area contributed by atoms with Crippen molar-refractivity contribution in [2.45, 2.75) is 26.8 Å². The first-order valence-corrected chi connectivity index (χ1v) is 10.00. The monoisotopic (exact) mass is 406 g/mol. The molecule has 156 valence electrons. The Hall–Kier alpha value is -3.61. The van der Waals surface area contributed by atoms with Gasteiger partial charge in [0.25, 0.3) is 0 Å². The average molecular weight is 406 g/mol. The molecule has 0 aliphatic heterocycles. The Morgan fingerprint density at radius 3 is 2.80 bits per heavy atom. The van der Waals surface area contributed by atoms with Crippen LogP contribution in [0, 0.1) is 0 Å². The predicted molar refractivity (Wildman–Crippen MR) is 116 cm³/mol. The van der Waals surface area contributed by atoms with Crippen LogP contribution in [0.4, 0.5) is 0 Å². The lowest BCUT2D eigenvalue weighted by Crippen LogP contribution is -2.20. The van der Waals surface area contributed by atoms with Crippen LogP contribution in [0.15, 0.2) is 61.1 Å². The summed E-state index contributed by atoms with van der Waals surface area (Å²) in [4.78, 5) is 16.5. The average Bonchev–Trinajstić information content (AvgIpc) is 3.31. The molecule has 3 aromatic rings. The smallest absolute Gasteiger partial charge is 0.244 e. The number of rotatable bonds is 10. The molecule has 0 radical (unpaired) electrons. The van der Waals surface area contributed by atoms with Crippen molar-refractivity contribution >= 4 is 12.0 Å². The van der Waals surface area contributed by atoms with Crippen molar-refractivity contribution in [1.29, 1.82) is 0 Å². The van der Waals surface area contributed by atoms with E-state index in [4.69, 9.17) is 9.47 Å². The molecule has 0 saturated carbocycles. The molecule has 0 spiro atoms. The van der Waals surface area contributed by atoms with Gasteiger partial charge in [0.1, 0.15) is 0 Å². The Morgan fingerprint density at radius 1 is 1.13 bits per heavy atom. The third-order valence-corrected chi connectivity index (χ3v) is 4.17. The topological polar surface area (TPSA) is 78.3 Å². The zero-order valence-electron chi connectivity index (χ0n) is 17.2. The number of hydrogen-bond acceptors (Lipinski definition) is 5. The van der Waals surface area contributed by atoms with Gasteiger partial charge in [0, 0.05) is 31.2 Å². The van der Waals surface area contributed by atoms with E-state index in [1.54, 1.807) is 23.2 Å². The number of nitrogens with zero attached hydrogens (tertiary/aromatic N) is 3. The van der Waals surface area contributed by atoms with Crippen molar-refractivity contribution in [3.05, 3.63) is 72.2 Å². The van der Waals surface area contributed by atoms with Crippen molar-refractivity contribution in [2.75, 3.05) is 13.2 Å². The van der Waals surface area contributed by atoms with E-state index in [2.05, 4.69) is 22.3 Å². The van der Waals surface area contributed by atoms with Gasteiger partial charge in [-0.15, -0.1) is 0 Å². The van der Waals surface area contributed by atoms with Crippen LogP contribution in [0.3, 0.4) is 0 Å². The minimum Gasteiger partial charge on any atom is -0.490 e. The van der Waals surface area contributed by atoms with Gasteiger partial charge in [0.2, 0.25) is 5.91 Å². The van der Waals surface area contributed by atoms with E-state index in [0.29, 0.717) is 37.1 Å². The van der Waals surface area contributed by atoms with E-state index in [9.17, 15) is 4.79 Å². The lowest BCUT2D eigenvalue weighted by molar-refractivity contribution is -0.116. The van der Waals surface area contributed by atoms with E-state index in [1.165, 1.54) is 6.08 Å². The zero-order valence-corrected chi connectivity index (χ0v) is 17.2. The van der Waals surface area contributed by atoms with Gasteiger partial charge in [-0.2, -0.15) is 5.10 Å². The normalized spacial score (nSPS) is 10.9. The van der Waals surface area contributed by atoms with Gasteiger partial charge in [0.15, 0.2) is 17.3 Å². The molecule has 0 bridgehead atoms. The Labute approximate surface area is 176 Å². The van der Waals surface area contributed by atoms with Gasteiger partial charge < -0.3 is 14.8 Å². The SMILES string of the molecule is CCCOc1ccc(/C=C/C(=O)NCc2ccnc(-n3cccn3)c2)cc1OCC. The summed E-state index contributed by atoms with van der Waals surface area (Å²) in [5.74, 6) is 1.91. The van der Waals surface area contributed by atoms with Crippen LogP contribution in [0.1, 0.15) is 31.4 Å². The van der Waals surface area contributed by atoms with Crippen LogP contribution in [0.2, 0.25) is 0 Å². The summed E-state index contributed by atoms with van der Waals surface area (Å²) in [6, 6.07) is 11.2. The highest BCUT2D eigenvalue weighted by atomic mass is 16.5. The number of aromatic nitrogens is 3. The second-order valence-electron chi connectivity index (χ2n) is 6.51. The standard InChI is InChI=1S/C23H26N4O3/c1-3-14-30-20-8-6-18(15-21(20)29-4-2)7-9-23(28)25-17-19-10-12-24-22(16-19)27-13-5-11-26-27/h5-13,15-16H,3-4,14,17H2,1-2H3,(H,25,28)/b9-7+. The number of ether oxygens (including phenoxy) is 2. The molecule has 7 heteroatoms. The molecule has 30 heavy (non-hydrogen) atoms. The lowest BCUT2D eigenvalue weighted by Gasteiger charge is -2.12. The quantitative estimate of drug-likeness (QED) is 0.519. The van der Waals surface area contributed by atoms with E-state index >= 15 is 0 Å². The number of benzene rings is 1. The van der Waals surface area contributed by atoms with Crippen molar-refractivity contribution < 1.29 is 14.3 Å². The minimum absolute atomic E-state index is 0.184. The maximum absolute atomic E-state index is 12.2. The van der Waals surface area contributed by atoms with Gasteiger partial charge in [-0.25, -0.2) is 9.67 Å². The largest absolute Gasteiger partial charge is 0.490 e. The van der Waals surface area contributed by atoms with E-state index < -0.39 is 0 Å². The molecule has 1 aromatic carbocycles. The fourth-order valence-electron chi connectivity index (χ4n) is 2.75. The summed E-state index contributed by atoms with van der Waals surface area (Å²) in [6.07, 6.45) is 9.40. The number of nitrogens with one attached hydrogen (secondary N) is 1. The summed E-state index contributed by atoms with van der Waals surface area (Å²) in [6.45, 7) is 5.56. The molecular weight excluding hydrogens is 380 g/mol. The Kier molecular flexibility index (Phi) is 7.60. The maximum Gasteiger partial charge on any atom is 0.244 e. The first-order chi connectivity index (χ1) is 14.7. The second kappa shape index (κ2) is 10.8. The molecular formula is C23H26N4O3. The molecule has 3 rings (SSSR count). The fraction of sp³-hybridized carbons (Fsp3) is 0.261. The molecule has 2 aromatic heterocycles. The minimum atomic E-state index is -0.184. The summed E-state index contributed by atoms with van der Waals surface area (Å²) in [7, 11) is 0. The zero-order chi connectivity index (χ0) is 21.2. The third kappa shape index (κ3) is 5.94. The molecule has 1 N–H and O–H groups in total. The van der Waals surface area contributed by atoms with Crippen LogP contribution in [0.25, 0.3) is 11.9 Å². The number of carbonyl (C=O) groups is 1. The van der Waals surface area contributed by atoms with Crippen LogP contribution in [-0.4, -0.2) is 33.9 Å². The fourth-order valence-corrected chi connectivity index (χ4v) is 2.75. The Morgan fingerprint density at radius 2 is 2.03 bits per heavy atom. The summed E-state index contributed by atoms with van der Waals surface area (Å²) in [5, 5.41) is 7.05. The highest BCUT2D eigenvalue weighted by Crippen LogP contribution is 2.29. The molecule has 1 amide bonds. The lowest BCUT2D eigenvalue weighted by atomic mass is 10.2. The van der Waals surface area contributed by atoms with Gasteiger partial charge in [0.05, 0.1) is 13.2 Å². The van der Waals surface area contributed by atoms with Crippen molar-refractivity contribution in [3.63, 3.8) is 0 Å². The van der Waals surface area contributed by atoms with Gasteiger partial charge in [-0.3, -0.25) is 4.79 Å². The van der Waals surface area contributed by atoms with Crippen LogP contribution < -0.4 is 14.8 Å².